The van der Waals surface area contributed by atoms with Crippen molar-refractivity contribution >= 4 is 23.3 Å². The van der Waals surface area contributed by atoms with E-state index in [-0.39, 0.29) is 5.71 Å². The molecule has 1 aliphatic heterocycles. The standard InChI is InChI=1S/C13H17N2O3S/c16-11-12(13-3-1-10-19-13)14-18-7-2-4-15-5-8-17-9-6-15/h1,3,10H,2,4-9H2/b14-12+. The molecule has 0 aromatic carbocycles. The predicted molar refractivity (Wildman–Crippen MR) is 74.4 cm³/mol. The first-order chi connectivity index (χ1) is 9.40. The summed E-state index contributed by atoms with van der Waals surface area (Å²) in [5.41, 5.74) is 0.237. The second-order valence-corrected chi connectivity index (χ2v) is 5.11. The van der Waals surface area contributed by atoms with Gasteiger partial charge in [0, 0.05) is 19.6 Å². The van der Waals surface area contributed by atoms with E-state index in [0.717, 1.165) is 44.1 Å². The van der Waals surface area contributed by atoms with Crippen LogP contribution in [0.2, 0.25) is 0 Å². The van der Waals surface area contributed by atoms with Gasteiger partial charge in [0.05, 0.1) is 18.1 Å². The molecule has 1 aromatic heterocycles. The van der Waals surface area contributed by atoms with Crippen LogP contribution >= 0.6 is 11.3 Å². The van der Waals surface area contributed by atoms with Gasteiger partial charge in [0.2, 0.25) is 0 Å². The maximum atomic E-state index is 10.8. The largest absolute Gasteiger partial charge is 0.395 e. The maximum Gasteiger partial charge on any atom is 0.258 e. The van der Waals surface area contributed by atoms with E-state index >= 15 is 0 Å². The molecule has 0 N–H and O–H groups in total. The maximum absolute atomic E-state index is 10.8. The fraction of sp³-hybridized carbons (Fsp3) is 0.538. The first-order valence-corrected chi connectivity index (χ1v) is 7.20. The quantitative estimate of drug-likeness (QED) is 0.429. The molecular weight excluding hydrogens is 264 g/mol. The molecule has 1 aromatic rings. The van der Waals surface area contributed by atoms with Crippen LogP contribution in [0.5, 0.6) is 0 Å². The van der Waals surface area contributed by atoms with Gasteiger partial charge in [-0.05, 0) is 17.9 Å². The van der Waals surface area contributed by atoms with E-state index in [1.165, 1.54) is 11.3 Å². The Morgan fingerprint density at radius 3 is 3.05 bits per heavy atom. The van der Waals surface area contributed by atoms with Crippen LogP contribution < -0.4 is 0 Å². The van der Waals surface area contributed by atoms with E-state index in [1.54, 1.807) is 6.29 Å². The smallest absolute Gasteiger partial charge is 0.258 e. The van der Waals surface area contributed by atoms with Gasteiger partial charge in [-0.2, -0.15) is 0 Å². The highest BCUT2D eigenvalue weighted by molar-refractivity contribution is 7.12. The first-order valence-electron chi connectivity index (χ1n) is 6.32. The lowest BCUT2D eigenvalue weighted by atomic mass is 10.3. The molecule has 2 heterocycles. The normalized spacial score (nSPS) is 17.4. The minimum Gasteiger partial charge on any atom is -0.395 e. The van der Waals surface area contributed by atoms with Gasteiger partial charge in [-0.3, -0.25) is 9.69 Å². The van der Waals surface area contributed by atoms with Crippen molar-refractivity contribution in [2.75, 3.05) is 39.5 Å². The second kappa shape index (κ2) is 8.04. The van der Waals surface area contributed by atoms with Crippen LogP contribution in [-0.2, 0) is 14.4 Å². The van der Waals surface area contributed by atoms with E-state index < -0.39 is 0 Å². The van der Waals surface area contributed by atoms with Crippen molar-refractivity contribution in [1.29, 1.82) is 0 Å². The van der Waals surface area contributed by atoms with E-state index in [4.69, 9.17) is 9.57 Å². The molecule has 2 rings (SSSR count). The van der Waals surface area contributed by atoms with Crippen LogP contribution in [0.3, 0.4) is 0 Å². The zero-order chi connectivity index (χ0) is 13.3. The number of hydrogen-bond acceptors (Lipinski definition) is 6. The summed E-state index contributed by atoms with van der Waals surface area (Å²) in [6.45, 7) is 5.05. The Balaban J connectivity index is 1.66. The number of hydrogen-bond donors (Lipinski definition) is 0. The number of morpholine rings is 1. The first kappa shape index (κ1) is 14.2. The van der Waals surface area contributed by atoms with E-state index in [1.807, 2.05) is 17.5 Å². The highest BCUT2D eigenvalue weighted by atomic mass is 32.1. The van der Waals surface area contributed by atoms with Gasteiger partial charge in [0.15, 0.2) is 5.71 Å². The van der Waals surface area contributed by atoms with Crippen LogP contribution in [0, 0.1) is 0 Å². The van der Waals surface area contributed by atoms with Crippen LogP contribution in [0.4, 0.5) is 0 Å². The predicted octanol–water partition coefficient (Wildman–Crippen LogP) is 1.30. The van der Waals surface area contributed by atoms with Crippen molar-refractivity contribution in [2.45, 2.75) is 6.42 Å². The molecule has 0 unspecified atom stereocenters. The topological polar surface area (TPSA) is 51.1 Å². The molecule has 0 aliphatic carbocycles. The molecule has 0 saturated carbocycles. The molecule has 1 radical (unpaired) electrons. The third kappa shape index (κ3) is 4.74. The Labute approximate surface area is 116 Å². The van der Waals surface area contributed by atoms with Crippen molar-refractivity contribution < 1.29 is 14.4 Å². The third-order valence-electron chi connectivity index (χ3n) is 2.82. The highest BCUT2D eigenvalue weighted by Crippen LogP contribution is 2.09. The van der Waals surface area contributed by atoms with Crippen molar-refractivity contribution in [2.24, 2.45) is 5.16 Å². The zero-order valence-electron chi connectivity index (χ0n) is 10.7. The van der Waals surface area contributed by atoms with Crippen LogP contribution in [0.25, 0.3) is 0 Å². The van der Waals surface area contributed by atoms with E-state index in [0.29, 0.717) is 6.61 Å². The highest BCUT2D eigenvalue weighted by Gasteiger charge is 2.09. The van der Waals surface area contributed by atoms with Gasteiger partial charge >= 0.3 is 0 Å². The summed E-state index contributed by atoms with van der Waals surface area (Å²) < 4.78 is 5.28. The van der Waals surface area contributed by atoms with Crippen LogP contribution in [0.15, 0.2) is 22.7 Å². The van der Waals surface area contributed by atoms with Crippen LogP contribution in [-0.4, -0.2) is 56.4 Å². The Morgan fingerprint density at radius 2 is 2.37 bits per heavy atom. The van der Waals surface area contributed by atoms with E-state index in [9.17, 15) is 4.79 Å². The SMILES string of the molecule is O=[C]/C(=N\OCCCN1CCOCC1)c1cccs1. The summed E-state index contributed by atoms with van der Waals surface area (Å²) in [5.74, 6) is 0. The second-order valence-electron chi connectivity index (χ2n) is 4.16. The molecule has 5 nitrogen and oxygen atoms in total. The molecule has 0 bridgehead atoms. The minimum absolute atomic E-state index is 0.237. The summed E-state index contributed by atoms with van der Waals surface area (Å²) in [7, 11) is 0. The Hall–Kier alpha value is -1.24. The van der Waals surface area contributed by atoms with Crippen LogP contribution in [0.1, 0.15) is 11.3 Å². The molecule has 6 heteroatoms. The Kier molecular flexibility index (Phi) is 6.00. The molecule has 19 heavy (non-hydrogen) atoms. The number of ether oxygens (including phenoxy) is 1. The summed E-state index contributed by atoms with van der Waals surface area (Å²) in [4.78, 5) is 19.1. The van der Waals surface area contributed by atoms with Crippen molar-refractivity contribution in [3.63, 3.8) is 0 Å². The Bertz CT molecular complexity index is 400. The monoisotopic (exact) mass is 281 g/mol. The van der Waals surface area contributed by atoms with Crippen molar-refractivity contribution in [3.05, 3.63) is 22.4 Å². The van der Waals surface area contributed by atoms with Gasteiger partial charge in [0.25, 0.3) is 6.29 Å². The fourth-order valence-corrected chi connectivity index (χ4v) is 2.47. The van der Waals surface area contributed by atoms with Gasteiger partial charge < -0.3 is 9.57 Å². The van der Waals surface area contributed by atoms with Gasteiger partial charge in [-0.1, -0.05) is 11.2 Å². The molecule has 0 atom stereocenters. The van der Waals surface area contributed by atoms with Gasteiger partial charge in [-0.15, -0.1) is 11.3 Å². The third-order valence-corrected chi connectivity index (χ3v) is 3.70. The van der Waals surface area contributed by atoms with Gasteiger partial charge in [-0.25, -0.2) is 0 Å². The molecule has 1 fully saturated rings. The zero-order valence-corrected chi connectivity index (χ0v) is 11.5. The molecule has 103 valence electrons. The average Bonchev–Trinajstić information content (AvgIpc) is 2.98. The summed E-state index contributed by atoms with van der Waals surface area (Å²) in [6.07, 6.45) is 2.69. The minimum atomic E-state index is 0.237. The van der Waals surface area contributed by atoms with E-state index in [2.05, 4.69) is 10.1 Å². The molecule has 1 aliphatic rings. The van der Waals surface area contributed by atoms with Crippen molar-refractivity contribution in [1.82, 2.24) is 4.90 Å². The summed E-state index contributed by atoms with van der Waals surface area (Å²) in [6, 6.07) is 3.69. The lowest BCUT2D eigenvalue weighted by Crippen LogP contribution is -2.37. The number of carbonyl (C=O) groups excluding carboxylic acids is 1. The number of nitrogens with zero attached hydrogens (tertiary/aromatic N) is 2. The molecular formula is C13H17N2O3S. The van der Waals surface area contributed by atoms with Gasteiger partial charge in [0.1, 0.15) is 6.61 Å². The van der Waals surface area contributed by atoms with Crippen molar-refractivity contribution in [3.8, 4) is 0 Å². The Morgan fingerprint density at radius 1 is 1.53 bits per heavy atom. The molecule has 0 spiro atoms. The number of thiophene rings is 1. The number of rotatable bonds is 7. The summed E-state index contributed by atoms with van der Waals surface area (Å²) >= 11 is 1.45. The lowest BCUT2D eigenvalue weighted by Gasteiger charge is -2.26. The lowest BCUT2D eigenvalue weighted by molar-refractivity contribution is 0.0323. The molecule has 0 amide bonds. The molecule has 1 saturated heterocycles. The average molecular weight is 281 g/mol. The fourth-order valence-electron chi connectivity index (χ4n) is 1.81. The number of oxime groups is 1. The summed E-state index contributed by atoms with van der Waals surface area (Å²) in [5, 5.41) is 5.72.